The Bertz CT molecular complexity index is 2120. The summed E-state index contributed by atoms with van der Waals surface area (Å²) in [6, 6.07) is 13.8. The van der Waals surface area contributed by atoms with Gasteiger partial charge < -0.3 is 18.9 Å². The zero-order valence-electron chi connectivity index (χ0n) is 25.6. The Morgan fingerprint density at radius 3 is 2.40 bits per heavy atom. The number of para-hydroxylation sites is 1. The number of nitro benzene ring substituents is 2. The molecule has 0 N–H and O–H groups in total. The van der Waals surface area contributed by atoms with Gasteiger partial charge in [0.25, 0.3) is 11.2 Å². The number of ether oxygens (including phenoxy) is 4. The van der Waals surface area contributed by atoms with Crippen molar-refractivity contribution >= 4 is 34.8 Å². The molecule has 242 valence electrons. The molecule has 0 unspecified atom stereocenters. The number of rotatable bonds is 11. The summed E-state index contributed by atoms with van der Waals surface area (Å²) in [4.78, 5) is 53.7. The third kappa shape index (κ3) is 6.46. The van der Waals surface area contributed by atoms with Crippen LogP contribution in [0.15, 0.2) is 81.7 Å². The maximum Gasteiger partial charge on any atom is 0.338 e. The fourth-order valence-corrected chi connectivity index (χ4v) is 6.08. The Morgan fingerprint density at radius 1 is 0.979 bits per heavy atom. The van der Waals surface area contributed by atoms with Crippen LogP contribution in [-0.4, -0.2) is 40.7 Å². The Labute approximate surface area is 270 Å². The molecule has 0 saturated heterocycles. The molecular weight excluding hydrogens is 632 g/mol. The normalized spacial score (nSPS) is 14.2. The molecule has 1 atom stereocenters. The van der Waals surface area contributed by atoms with E-state index in [0.29, 0.717) is 39.7 Å². The quantitative estimate of drug-likeness (QED) is 0.123. The molecule has 1 aromatic heterocycles. The Hall–Kier alpha value is -5.83. The van der Waals surface area contributed by atoms with Gasteiger partial charge in [0.2, 0.25) is 5.75 Å². The SMILES string of the molecule is CCOC(=O)C1=C(C)N=c2s/c(=C/c3ccccc3Oc3ccc([N+](=O)[O-])cc3[N+](=O)[O-])c(=O)n2[C@H]1c1ccc(OC)c(OCC)c1. The van der Waals surface area contributed by atoms with Crippen LogP contribution in [0.2, 0.25) is 0 Å². The predicted octanol–water partition coefficient (Wildman–Crippen LogP) is 4.81. The van der Waals surface area contributed by atoms with Crippen molar-refractivity contribution < 1.29 is 33.6 Å². The molecule has 0 amide bonds. The molecule has 1 aliphatic rings. The zero-order chi connectivity index (χ0) is 33.8. The first-order valence-electron chi connectivity index (χ1n) is 14.3. The molecule has 0 aliphatic carbocycles. The fourth-order valence-electron chi connectivity index (χ4n) is 5.04. The van der Waals surface area contributed by atoms with Gasteiger partial charge in [-0.15, -0.1) is 0 Å². The van der Waals surface area contributed by atoms with Crippen LogP contribution in [0.3, 0.4) is 0 Å². The monoisotopic (exact) mass is 660 g/mol. The number of carbonyl (C=O) groups excluding carboxylic acids is 1. The van der Waals surface area contributed by atoms with E-state index < -0.39 is 38.8 Å². The van der Waals surface area contributed by atoms with Crippen LogP contribution in [0.25, 0.3) is 6.08 Å². The van der Waals surface area contributed by atoms with Gasteiger partial charge in [-0.3, -0.25) is 29.6 Å². The first-order chi connectivity index (χ1) is 22.6. The van der Waals surface area contributed by atoms with Gasteiger partial charge in [-0.1, -0.05) is 35.6 Å². The fraction of sp³-hybridized carbons (Fsp3) is 0.219. The van der Waals surface area contributed by atoms with Gasteiger partial charge in [-0.25, -0.2) is 9.79 Å². The molecule has 1 aliphatic heterocycles. The number of methoxy groups -OCH3 is 1. The third-order valence-electron chi connectivity index (χ3n) is 7.10. The Balaban J connectivity index is 1.66. The molecule has 0 spiro atoms. The average Bonchev–Trinajstić information content (AvgIpc) is 3.35. The molecule has 47 heavy (non-hydrogen) atoms. The minimum atomic E-state index is -0.910. The second-order valence-electron chi connectivity index (χ2n) is 9.95. The minimum Gasteiger partial charge on any atom is -0.493 e. The first kappa shape index (κ1) is 32.6. The van der Waals surface area contributed by atoms with Crippen molar-refractivity contribution in [1.29, 1.82) is 0 Å². The summed E-state index contributed by atoms with van der Waals surface area (Å²) >= 11 is 1.08. The number of aromatic nitrogens is 1. The van der Waals surface area contributed by atoms with Crippen LogP contribution in [0.4, 0.5) is 11.4 Å². The van der Waals surface area contributed by atoms with Crippen molar-refractivity contribution in [3.63, 3.8) is 0 Å². The van der Waals surface area contributed by atoms with Gasteiger partial charge in [0, 0.05) is 11.6 Å². The molecule has 0 saturated carbocycles. The number of fused-ring (bicyclic) bond motifs is 1. The van der Waals surface area contributed by atoms with Crippen LogP contribution in [0.5, 0.6) is 23.0 Å². The number of allylic oxidation sites excluding steroid dienone is 1. The van der Waals surface area contributed by atoms with Gasteiger partial charge >= 0.3 is 11.7 Å². The summed E-state index contributed by atoms with van der Waals surface area (Å²) in [5.41, 5.74) is 0.00614. The number of esters is 1. The van der Waals surface area contributed by atoms with Crippen molar-refractivity contribution in [2.24, 2.45) is 4.99 Å². The number of hydrogen-bond donors (Lipinski definition) is 0. The maximum absolute atomic E-state index is 14.1. The highest BCUT2D eigenvalue weighted by atomic mass is 32.1. The highest BCUT2D eigenvalue weighted by molar-refractivity contribution is 7.07. The van der Waals surface area contributed by atoms with Gasteiger partial charge in [-0.2, -0.15) is 0 Å². The molecule has 3 aromatic carbocycles. The van der Waals surface area contributed by atoms with Crippen LogP contribution in [0.1, 0.15) is 37.9 Å². The van der Waals surface area contributed by atoms with Gasteiger partial charge in [0.1, 0.15) is 5.75 Å². The molecule has 0 fully saturated rings. The van der Waals surface area contributed by atoms with E-state index in [1.807, 2.05) is 6.92 Å². The Kier molecular flexibility index (Phi) is 9.46. The lowest BCUT2D eigenvalue weighted by molar-refractivity contribution is -0.394. The summed E-state index contributed by atoms with van der Waals surface area (Å²) < 4.78 is 24.1. The summed E-state index contributed by atoms with van der Waals surface area (Å²) in [6.45, 7) is 5.65. The van der Waals surface area contributed by atoms with Crippen molar-refractivity contribution in [1.82, 2.24) is 4.57 Å². The minimum absolute atomic E-state index is 0.114. The molecule has 15 heteroatoms. The van der Waals surface area contributed by atoms with E-state index in [-0.39, 0.29) is 28.2 Å². The smallest absolute Gasteiger partial charge is 0.338 e. The van der Waals surface area contributed by atoms with Crippen molar-refractivity contribution in [2.45, 2.75) is 26.8 Å². The number of hydrogen-bond acceptors (Lipinski definition) is 12. The summed E-state index contributed by atoms with van der Waals surface area (Å²) in [7, 11) is 1.51. The van der Waals surface area contributed by atoms with E-state index in [1.54, 1.807) is 62.4 Å². The highest BCUT2D eigenvalue weighted by Crippen LogP contribution is 2.37. The number of benzene rings is 3. The molecule has 2 heterocycles. The molecule has 4 aromatic rings. The molecular formula is C32H28N4O10S. The molecule has 0 bridgehead atoms. The lowest BCUT2D eigenvalue weighted by atomic mass is 9.95. The number of nitro groups is 2. The highest BCUT2D eigenvalue weighted by Gasteiger charge is 2.34. The topological polar surface area (TPSA) is 175 Å². The molecule has 5 rings (SSSR count). The second-order valence-corrected chi connectivity index (χ2v) is 11.0. The van der Waals surface area contributed by atoms with Gasteiger partial charge in [0.15, 0.2) is 16.3 Å². The van der Waals surface area contributed by atoms with Crippen molar-refractivity contribution in [3.05, 3.63) is 123 Å². The van der Waals surface area contributed by atoms with E-state index in [9.17, 15) is 29.8 Å². The number of thiazole rings is 1. The van der Waals surface area contributed by atoms with Gasteiger partial charge in [-0.05, 0) is 56.7 Å². The molecule has 0 radical (unpaired) electrons. The van der Waals surface area contributed by atoms with E-state index in [0.717, 1.165) is 29.5 Å². The third-order valence-corrected chi connectivity index (χ3v) is 8.08. The van der Waals surface area contributed by atoms with Crippen LogP contribution in [0, 0.1) is 20.2 Å². The van der Waals surface area contributed by atoms with E-state index in [2.05, 4.69) is 4.99 Å². The first-order valence-corrected chi connectivity index (χ1v) is 15.1. The van der Waals surface area contributed by atoms with Crippen LogP contribution >= 0.6 is 11.3 Å². The number of carbonyl (C=O) groups is 1. The van der Waals surface area contributed by atoms with E-state index in [4.69, 9.17) is 18.9 Å². The maximum atomic E-state index is 14.1. The van der Waals surface area contributed by atoms with E-state index >= 15 is 0 Å². The van der Waals surface area contributed by atoms with Gasteiger partial charge in [0.05, 0.1) is 58.1 Å². The predicted molar refractivity (Wildman–Crippen MR) is 171 cm³/mol. The van der Waals surface area contributed by atoms with Crippen molar-refractivity contribution in [3.8, 4) is 23.0 Å². The lowest BCUT2D eigenvalue weighted by Crippen LogP contribution is -2.40. The number of non-ortho nitro benzene ring substituents is 1. The van der Waals surface area contributed by atoms with Crippen LogP contribution < -0.4 is 29.1 Å². The lowest BCUT2D eigenvalue weighted by Gasteiger charge is -2.25. The standard InChI is InChI=1S/C32H28N4O10S/c1-5-44-26-15-20(11-13-25(26)43-4)29-28(31(38)45-6-2)18(3)33-32-34(29)30(37)27(47-32)16-19-9-7-8-10-23(19)46-24-14-12-21(35(39)40)17-22(24)36(41)42/h7-17,29H,5-6H2,1-4H3/b27-16+/t29-/m0/s1. The average molecular weight is 661 g/mol. The van der Waals surface area contributed by atoms with Crippen LogP contribution in [-0.2, 0) is 9.53 Å². The van der Waals surface area contributed by atoms with Crippen molar-refractivity contribution in [2.75, 3.05) is 20.3 Å². The molecule has 14 nitrogen and oxygen atoms in total. The summed E-state index contributed by atoms with van der Waals surface area (Å²) in [6.07, 6.45) is 1.55. The zero-order valence-corrected chi connectivity index (χ0v) is 26.4. The largest absolute Gasteiger partial charge is 0.493 e. The summed E-state index contributed by atoms with van der Waals surface area (Å²) in [5, 5.41) is 22.9. The number of nitrogens with zero attached hydrogens (tertiary/aromatic N) is 4. The Morgan fingerprint density at radius 2 is 1.72 bits per heavy atom. The summed E-state index contributed by atoms with van der Waals surface area (Å²) in [5.74, 6) is 0.226. The second kappa shape index (κ2) is 13.7. The van der Waals surface area contributed by atoms with E-state index in [1.165, 1.54) is 11.7 Å².